The summed E-state index contributed by atoms with van der Waals surface area (Å²) in [4.78, 5) is 0. The van der Waals surface area contributed by atoms with Crippen LogP contribution in [0.4, 0.5) is 0 Å². The molecule has 1 aliphatic rings. The van der Waals surface area contributed by atoms with Gasteiger partial charge in [-0.2, -0.15) is 0 Å². The first-order chi connectivity index (χ1) is 5.43. The molecule has 11 heavy (non-hydrogen) atoms. The maximum Gasteiger partial charge on any atom is 0.107 e. The van der Waals surface area contributed by atoms with Crippen LogP contribution in [-0.4, -0.2) is 13.2 Å². The molecule has 1 heteroatoms. The molecule has 1 fully saturated rings. The SMILES string of the molecule is C#CCOCC1CC[CH]CC1. The highest BCUT2D eigenvalue weighted by Gasteiger charge is 2.12. The number of rotatable bonds is 3. The van der Waals surface area contributed by atoms with E-state index < -0.39 is 0 Å². The molecule has 0 aromatic carbocycles. The molecule has 61 valence electrons. The summed E-state index contributed by atoms with van der Waals surface area (Å²) in [6, 6.07) is 0. The molecule has 1 radical (unpaired) electrons. The zero-order chi connectivity index (χ0) is 7.94. The molecule has 0 heterocycles. The molecule has 1 aliphatic carbocycles. The predicted octanol–water partition coefficient (Wildman–Crippen LogP) is 2.03. The Morgan fingerprint density at radius 2 is 2.18 bits per heavy atom. The van der Waals surface area contributed by atoms with E-state index in [-0.39, 0.29) is 0 Å². The smallest absolute Gasteiger partial charge is 0.107 e. The molecule has 1 rings (SSSR count). The van der Waals surface area contributed by atoms with Crippen LogP contribution in [0.1, 0.15) is 25.7 Å². The molecule has 1 nitrogen and oxygen atoms in total. The Hall–Kier alpha value is -0.480. The van der Waals surface area contributed by atoms with Gasteiger partial charge in [-0.15, -0.1) is 6.42 Å². The van der Waals surface area contributed by atoms with Crippen molar-refractivity contribution in [2.24, 2.45) is 5.92 Å². The lowest BCUT2D eigenvalue weighted by Crippen LogP contribution is -2.13. The zero-order valence-electron chi connectivity index (χ0n) is 6.88. The minimum Gasteiger partial charge on any atom is -0.369 e. The molecule has 0 saturated heterocycles. The Bertz CT molecular complexity index is 128. The largest absolute Gasteiger partial charge is 0.369 e. The molecule has 0 unspecified atom stereocenters. The molecule has 0 aliphatic heterocycles. The zero-order valence-corrected chi connectivity index (χ0v) is 6.88. The molecular weight excluding hydrogens is 136 g/mol. The van der Waals surface area contributed by atoms with Gasteiger partial charge in [-0.1, -0.05) is 5.92 Å². The van der Waals surface area contributed by atoms with E-state index in [0.29, 0.717) is 6.61 Å². The van der Waals surface area contributed by atoms with Crippen LogP contribution >= 0.6 is 0 Å². The number of hydrogen-bond acceptors (Lipinski definition) is 1. The maximum absolute atomic E-state index is 5.27. The second kappa shape index (κ2) is 5.21. The third-order valence-electron chi connectivity index (χ3n) is 2.10. The van der Waals surface area contributed by atoms with Gasteiger partial charge in [0.25, 0.3) is 0 Å². The monoisotopic (exact) mass is 151 g/mol. The van der Waals surface area contributed by atoms with Crippen molar-refractivity contribution in [3.8, 4) is 12.3 Å². The van der Waals surface area contributed by atoms with Crippen LogP contribution in [0.25, 0.3) is 0 Å². The summed E-state index contributed by atoms with van der Waals surface area (Å²) in [5.41, 5.74) is 0. The summed E-state index contributed by atoms with van der Waals surface area (Å²) in [7, 11) is 0. The van der Waals surface area contributed by atoms with Gasteiger partial charge < -0.3 is 4.74 Å². The van der Waals surface area contributed by atoms with Gasteiger partial charge in [-0.3, -0.25) is 0 Å². The maximum atomic E-state index is 5.27. The van der Waals surface area contributed by atoms with Crippen molar-refractivity contribution in [2.45, 2.75) is 25.7 Å². The Kier molecular flexibility index (Phi) is 4.08. The molecule has 0 amide bonds. The van der Waals surface area contributed by atoms with E-state index in [2.05, 4.69) is 12.3 Å². The summed E-state index contributed by atoms with van der Waals surface area (Å²) in [6.45, 7) is 1.33. The fourth-order valence-electron chi connectivity index (χ4n) is 1.45. The van der Waals surface area contributed by atoms with E-state index in [9.17, 15) is 0 Å². The fraction of sp³-hybridized carbons (Fsp3) is 0.700. The van der Waals surface area contributed by atoms with Crippen molar-refractivity contribution < 1.29 is 4.74 Å². The predicted molar refractivity (Wildman–Crippen MR) is 45.9 cm³/mol. The van der Waals surface area contributed by atoms with E-state index in [1.807, 2.05) is 0 Å². The van der Waals surface area contributed by atoms with Crippen molar-refractivity contribution in [1.82, 2.24) is 0 Å². The quantitative estimate of drug-likeness (QED) is 0.443. The minimum atomic E-state index is 0.472. The third kappa shape index (κ3) is 3.43. The first-order valence-corrected chi connectivity index (χ1v) is 4.26. The van der Waals surface area contributed by atoms with Crippen LogP contribution in [0, 0.1) is 24.7 Å². The van der Waals surface area contributed by atoms with Crippen molar-refractivity contribution in [2.75, 3.05) is 13.2 Å². The normalized spacial score (nSPS) is 19.5. The number of hydrogen-bond donors (Lipinski definition) is 0. The van der Waals surface area contributed by atoms with Crippen LogP contribution in [-0.2, 0) is 4.74 Å². The summed E-state index contributed by atoms with van der Waals surface area (Å²) in [5.74, 6) is 3.23. The van der Waals surface area contributed by atoms with Gasteiger partial charge in [0.05, 0.1) is 6.61 Å². The van der Waals surface area contributed by atoms with E-state index in [0.717, 1.165) is 12.5 Å². The second-order valence-corrected chi connectivity index (χ2v) is 3.03. The van der Waals surface area contributed by atoms with Gasteiger partial charge in [0, 0.05) is 0 Å². The second-order valence-electron chi connectivity index (χ2n) is 3.03. The summed E-state index contributed by atoms with van der Waals surface area (Å²) in [6.07, 6.45) is 12.5. The van der Waals surface area contributed by atoms with Crippen LogP contribution in [0.3, 0.4) is 0 Å². The van der Waals surface area contributed by atoms with Crippen LogP contribution in [0.2, 0.25) is 0 Å². The van der Waals surface area contributed by atoms with Gasteiger partial charge >= 0.3 is 0 Å². The van der Waals surface area contributed by atoms with Crippen molar-refractivity contribution in [3.63, 3.8) is 0 Å². The van der Waals surface area contributed by atoms with Gasteiger partial charge in [0.15, 0.2) is 0 Å². The number of ether oxygens (including phenoxy) is 1. The molecule has 1 saturated carbocycles. The van der Waals surface area contributed by atoms with Gasteiger partial charge in [-0.25, -0.2) is 0 Å². The standard InChI is InChI=1S/C10H15O/c1-2-8-11-9-10-6-4-3-5-7-10/h1,3,10H,4-9H2. The average Bonchev–Trinajstić information content (AvgIpc) is 2.07. The van der Waals surface area contributed by atoms with E-state index >= 15 is 0 Å². The third-order valence-corrected chi connectivity index (χ3v) is 2.10. The first-order valence-electron chi connectivity index (χ1n) is 4.26. The first kappa shape index (κ1) is 8.62. The molecule has 0 N–H and O–H groups in total. The Morgan fingerprint density at radius 3 is 2.82 bits per heavy atom. The average molecular weight is 151 g/mol. The lowest BCUT2D eigenvalue weighted by molar-refractivity contribution is 0.114. The molecule has 0 atom stereocenters. The van der Waals surface area contributed by atoms with Gasteiger partial charge in [0.1, 0.15) is 6.61 Å². The van der Waals surface area contributed by atoms with E-state index in [1.165, 1.54) is 25.7 Å². The summed E-state index contributed by atoms with van der Waals surface area (Å²) in [5, 5.41) is 0. The summed E-state index contributed by atoms with van der Waals surface area (Å²) >= 11 is 0. The lowest BCUT2D eigenvalue weighted by atomic mass is 9.90. The Labute approximate surface area is 69.1 Å². The summed E-state index contributed by atoms with van der Waals surface area (Å²) < 4.78 is 5.27. The van der Waals surface area contributed by atoms with E-state index in [4.69, 9.17) is 11.2 Å². The van der Waals surface area contributed by atoms with Crippen molar-refractivity contribution >= 4 is 0 Å². The molecular formula is C10H15O. The molecule has 0 aromatic heterocycles. The minimum absolute atomic E-state index is 0.472. The van der Waals surface area contributed by atoms with E-state index in [1.54, 1.807) is 0 Å². The van der Waals surface area contributed by atoms with Crippen LogP contribution in [0.15, 0.2) is 0 Å². The Morgan fingerprint density at radius 1 is 1.45 bits per heavy atom. The molecule has 0 bridgehead atoms. The van der Waals surface area contributed by atoms with Crippen LogP contribution in [0.5, 0.6) is 0 Å². The van der Waals surface area contributed by atoms with Crippen LogP contribution < -0.4 is 0 Å². The lowest BCUT2D eigenvalue weighted by Gasteiger charge is -2.20. The van der Waals surface area contributed by atoms with Crippen molar-refractivity contribution in [1.29, 1.82) is 0 Å². The van der Waals surface area contributed by atoms with Gasteiger partial charge in [-0.05, 0) is 38.0 Å². The topological polar surface area (TPSA) is 9.23 Å². The highest BCUT2D eigenvalue weighted by molar-refractivity contribution is 4.83. The molecule has 0 aromatic rings. The molecule has 0 spiro atoms. The highest BCUT2D eigenvalue weighted by atomic mass is 16.5. The number of terminal acetylenes is 1. The fourth-order valence-corrected chi connectivity index (χ4v) is 1.45. The van der Waals surface area contributed by atoms with Crippen molar-refractivity contribution in [3.05, 3.63) is 6.42 Å². The highest BCUT2D eigenvalue weighted by Crippen LogP contribution is 2.22. The Balaban J connectivity index is 2.01. The van der Waals surface area contributed by atoms with Gasteiger partial charge in [0.2, 0.25) is 0 Å².